The van der Waals surface area contributed by atoms with Crippen LogP contribution in [-0.4, -0.2) is 40.4 Å². The summed E-state index contributed by atoms with van der Waals surface area (Å²) >= 11 is 0. The third-order valence-corrected chi connectivity index (χ3v) is 2.60. The number of ether oxygens (including phenoxy) is 1. The van der Waals surface area contributed by atoms with Crippen LogP contribution in [0.5, 0.6) is 0 Å². The zero-order valence-electron chi connectivity index (χ0n) is 7.70. The summed E-state index contributed by atoms with van der Waals surface area (Å²) in [6.45, 7) is 1.52. The average molecular weight is 218 g/mol. The Kier molecular flexibility index (Phi) is 3.24. The molecule has 0 aromatic rings. The molecular weight excluding hydrogens is 206 g/mol. The topological polar surface area (TPSA) is 87.0 Å². The minimum atomic E-state index is -4.16. The second-order valence-electron chi connectivity index (χ2n) is 3.59. The zero-order valence-corrected chi connectivity index (χ0v) is 8.59. The van der Waals surface area contributed by atoms with Crippen molar-refractivity contribution in [1.82, 2.24) is 0 Å². The van der Waals surface area contributed by atoms with E-state index in [4.69, 9.17) is 22.4 Å². The fourth-order valence-corrected chi connectivity index (χ4v) is 1.64. The van der Waals surface area contributed by atoms with E-state index in [0.29, 0.717) is 0 Å². The van der Waals surface area contributed by atoms with Gasteiger partial charge in [0.15, 0.2) is 0 Å². The lowest BCUT2D eigenvalue weighted by molar-refractivity contribution is 0.0144. The van der Waals surface area contributed by atoms with Crippen molar-refractivity contribution in [2.75, 3.05) is 0 Å². The summed E-state index contributed by atoms with van der Waals surface area (Å²) in [7, 11) is 1.28. The Bertz CT molecular complexity index is 284. The van der Waals surface area contributed by atoms with E-state index in [1.165, 1.54) is 13.0 Å². The van der Waals surface area contributed by atoms with Gasteiger partial charge in [-0.05, 0) is 13.0 Å². The highest BCUT2D eigenvalue weighted by Gasteiger charge is 2.39. The normalized spacial score (nSPS) is 39.4. The van der Waals surface area contributed by atoms with E-state index < -0.39 is 25.3 Å². The Morgan fingerprint density at radius 3 is 2.57 bits per heavy atom. The monoisotopic (exact) mass is 218 g/mol. The van der Waals surface area contributed by atoms with Crippen LogP contribution in [0.15, 0.2) is 11.9 Å². The molecule has 3 N–H and O–H groups in total. The van der Waals surface area contributed by atoms with Crippen molar-refractivity contribution >= 4 is 15.4 Å². The van der Waals surface area contributed by atoms with Crippen molar-refractivity contribution in [3.63, 3.8) is 0 Å². The summed E-state index contributed by atoms with van der Waals surface area (Å²) in [5.41, 5.74) is -1.15. The maximum Gasteiger partial charge on any atom is 0.348 e. The van der Waals surface area contributed by atoms with Gasteiger partial charge in [0.05, 0.1) is 11.7 Å². The maximum atomic E-state index is 10.5. The van der Waals surface area contributed by atoms with E-state index >= 15 is 0 Å². The molecule has 78 valence electrons. The lowest BCUT2D eigenvalue weighted by atomic mass is 9.84. The van der Waals surface area contributed by atoms with Crippen LogP contribution >= 0.6 is 7.60 Å². The summed E-state index contributed by atoms with van der Waals surface area (Å²) in [4.78, 5) is 17.1. The fourth-order valence-electron chi connectivity index (χ4n) is 1.23. The highest BCUT2D eigenvalue weighted by molar-refractivity contribution is 7.55. The highest BCUT2D eigenvalue weighted by atomic mass is 31.2. The second-order valence-corrected chi connectivity index (χ2v) is 5.06. The Morgan fingerprint density at radius 1 is 1.64 bits per heavy atom. The van der Waals surface area contributed by atoms with Crippen LogP contribution in [0.4, 0.5) is 0 Å². The van der Waals surface area contributed by atoms with Crippen LogP contribution in [0.2, 0.25) is 0 Å². The predicted octanol–water partition coefficient (Wildman–Crippen LogP) is -0.288. The molecule has 1 rings (SSSR count). The van der Waals surface area contributed by atoms with Crippen molar-refractivity contribution in [3.8, 4) is 0 Å². The lowest BCUT2D eigenvalue weighted by Crippen LogP contribution is -2.34. The Balaban J connectivity index is 2.60. The number of rotatable bonds is 2. The van der Waals surface area contributed by atoms with Crippen molar-refractivity contribution in [1.29, 1.82) is 0 Å². The van der Waals surface area contributed by atoms with E-state index in [2.05, 4.69) is 0 Å². The van der Waals surface area contributed by atoms with Gasteiger partial charge in [-0.2, -0.15) is 0 Å². The molecule has 14 heavy (non-hydrogen) atoms. The third-order valence-electron chi connectivity index (χ3n) is 2.04. The van der Waals surface area contributed by atoms with Crippen LogP contribution in [0, 0.1) is 0 Å². The smallest absolute Gasteiger partial charge is 0.348 e. The number of hydrogen-bond acceptors (Lipinski definition) is 3. The number of hydrogen-bond donors (Lipinski definition) is 3. The minimum absolute atomic E-state index is 0.227. The SMILES string of the molecule is [B][C@@H]1O[C@H](/C=C\P(=O)(O)O)C[C@@]1(C)O. The maximum absolute atomic E-state index is 10.5. The van der Waals surface area contributed by atoms with Crippen LogP contribution in [-0.2, 0) is 9.30 Å². The van der Waals surface area contributed by atoms with E-state index in [0.717, 1.165) is 5.82 Å². The summed E-state index contributed by atoms with van der Waals surface area (Å²) in [5.74, 6) is 0.756. The molecular formula is C7H12BO5P. The molecule has 0 spiro atoms. The van der Waals surface area contributed by atoms with E-state index in [1.54, 1.807) is 0 Å². The van der Waals surface area contributed by atoms with Gasteiger partial charge in [-0.25, -0.2) is 0 Å². The molecule has 1 fully saturated rings. The Hall–Kier alpha value is -0.125. The van der Waals surface area contributed by atoms with Gasteiger partial charge in [0, 0.05) is 18.2 Å². The first-order valence-electron chi connectivity index (χ1n) is 4.09. The summed E-state index contributed by atoms with van der Waals surface area (Å²) in [5, 5.41) is 9.58. The Labute approximate surface area is 83.3 Å². The molecule has 0 amide bonds. The van der Waals surface area contributed by atoms with Crippen molar-refractivity contribution in [3.05, 3.63) is 11.9 Å². The van der Waals surface area contributed by atoms with Gasteiger partial charge in [-0.3, -0.25) is 4.57 Å². The molecule has 1 heterocycles. The van der Waals surface area contributed by atoms with Crippen LogP contribution in [0.1, 0.15) is 13.3 Å². The standard InChI is InChI=1S/C7H12BO5P/c1-7(9)4-5(13-6(7)8)2-3-14(10,11)12/h2-3,5-6,9H,4H2,1H3,(H2,10,11,12)/b3-2-/t5-,6-,7-/m1/s1. The van der Waals surface area contributed by atoms with Gasteiger partial charge < -0.3 is 19.6 Å². The van der Waals surface area contributed by atoms with Crippen molar-refractivity contribution in [2.24, 2.45) is 0 Å². The van der Waals surface area contributed by atoms with Crippen LogP contribution in [0.25, 0.3) is 0 Å². The van der Waals surface area contributed by atoms with Crippen LogP contribution < -0.4 is 0 Å². The zero-order chi connectivity index (χ0) is 11.0. The molecule has 7 heteroatoms. The van der Waals surface area contributed by atoms with Gasteiger partial charge >= 0.3 is 7.60 Å². The third kappa shape index (κ3) is 3.22. The van der Waals surface area contributed by atoms with Gasteiger partial charge in [0.1, 0.15) is 7.85 Å². The molecule has 0 bridgehead atoms. The van der Waals surface area contributed by atoms with Gasteiger partial charge in [-0.1, -0.05) is 0 Å². The molecule has 1 saturated heterocycles. The van der Waals surface area contributed by atoms with Crippen molar-refractivity contribution < 1.29 is 24.2 Å². The van der Waals surface area contributed by atoms with Crippen LogP contribution in [0.3, 0.4) is 0 Å². The first-order valence-corrected chi connectivity index (χ1v) is 5.77. The molecule has 0 saturated carbocycles. The number of aliphatic hydroxyl groups is 1. The molecule has 0 aromatic heterocycles. The molecule has 1 aliphatic heterocycles. The molecule has 1 aliphatic rings. The van der Waals surface area contributed by atoms with E-state index in [9.17, 15) is 9.67 Å². The molecule has 0 aromatic carbocycles. The first kappa shape index (κ1) is 11.9. The molecule has 2 radical (unpaired) electrons. The summed E-state index contributed by atoms with van der Waals surface area (Å²) in [6, 6.07) is -0.825. The summed E-state index contributed by atoms with van der Waals surface area (Å²) < 4.78 is 15.6. The van der Waals surface area contributed by atoms with Gasteiger partial charge in [0.25, 0.3) is 0 Å². The van der Waals surface area contributed by atoms with Gasteiger partial charge in [-0.15, -0.1) is 0 Å². The molecule has 3 atom stereocenters. The predicted molar refractivity (Wildman–Crippen MR) is 50.8 cm³/mol. The van der Waals surface area contributed by atoms with Gasteiger partial charge in [0.2, 0.25) is 0 Å². The minimum Gasteiger partial charge on any atom is -0.388 e. The summed E-state index contributed by atoms with van der Waals surface area (Å²) in [6.07, 6.45) is 0.903. The Morgan fingerprint density at radius 2 is 2.21 bits per heavy atom. The molecule has 0 aliphatic carbocycles. The molecule has 0 unspecified atom stereocenters. The lowest BCUT2D eigenvalue weighted by Gasteiger charge is -2.19. The quantitative estimate of drug-likeness (QED) is 0.438. The van der Waals surface area contributed by atoms with E-state index in [-0.39, 0.29) is 6.42 Å². The first-order chi connectivity index (χ1) is 6.21. The second kappa shape index (κ2) is 3.79. The van der Waals surface area contributed by atoms with E-state index in [1.807, 2.05) is 0 Å². The highest BCUT2D eigenvalue weighted by Crippen LogP contribution is 2.38. The molecule has 5 nitrogen and oxygen atoms in total. The average Bonchev–Trinajstić information content (AvgIpc) is 2.21. The fraction of sp³-hybridized carbons (Fsp3) is 0.714. The van der Waals surface area contributed by atoms with Crippen molar-refractivity contribution in [2.45, 2.75) is 31.1 Å². The largest absolute Gasteiger partial charge is 0.388 e.